The number of nitrogens with zero attached hydrogens (tertiary/aromatic N) is 1. The minimum atomic E-state index is 0.730. The Bertz CT molecular complexity index is 633. The van der Waals surface area contributed by atoms with Gasteiger partial charge in [-0.2, -0.15) is 5.26 Å². The number of allylic oxidation sites excluding steroid dienone is 1. The Hall–Kier alpha value is -2.27. The van der Waals surface area contributed by atoms with Crippen molar-refractivity contribution in [1.82, 2.24) is 0 Å². The molecule has 1 N–H and O–H groups in total. The third-order valence-corrected chi connectivity index (χ3v) is 2.90. The van der Waals surface area contributed by atoms with Crippen LogP contribution in [-0.4, -0.2) is 6.54 Å². The Balaban J connectivity index is 2.32. The molecular formula is C14H10N2. The molecule has 0 atom stereocenters. The van der Waals surface area contributed by atoms with Crippen LogP contribution in [-0.2, 0) is 0 Å². The second kappa shape index (κ2) is 3.39. The third-order valence-electron chi connectivity index (χ3n) is 2.90. The number of anilines is 1. The van der Waals surface area contributed by atoms with Gasteiger partial charge in [-0.3, -0.25) is 0 Å². The summed E-state index contributed by atoms with van der Waals surface area (Å²) in [6.45, 7) is 0.730. The van der Waals surface area contributed by atoms with Crippen molar-refractivity contribution in [3.05, 3.63) is 48.0 Å². The summed E-state index contributed by atoms with van der Waals surface area (Å²) in [6, 6.07) is 14.6. The lowest BCUT2D eigenvalue weighted by atomic mass is 9.97. The number of hydrogen-bond acceptors (Lipinski definition) is 2. The first-order chi connectivity index (χ1) is 7.88. The summed E-state index contributed by atoms with van der Waals surface area (Å²) in [5.41, 5.74) is 2.82. The van der Waals surface area contributed by atoms with Gasteiger partial charge in [-0.15, -0.1) is 0 Å². The van der Waals surface area contributed by atoms with E-state index in [1.54, 1.807) is 0 Å². The average Bonchev–Trinajstić information content (AvgIpc) is 2.35. The second-order valence-electron chi connectivity index (χ2n) is 3.86. The molecule has 3 rings (SSSR count). The van der Waals surface area contributed by atoms with Crippen molar-refractivity contribution < 1.29 is 0 Å². The summed E-state index contributed by atoms with van der Waals surface area (Å²) in [7, 11) is 0. The van der Waals surface area contributed by atoms with Gasteiger partial charge in [0.15, 0.2) is 0 Å². The first kappa shape index (κ1) is 8.99. The molecule has 2 nitrogen and oxygen atoms in total. The summed E-state index contributed by atoms with van der Waals surface area (Å²) >= 11 is 0. The van der Waals surface area contributed by atoms with Gasteiger partial charge in [0, 0.05) is 17.8 Å². The van der Waals surface area contributed by atoms with Gasteiger partial charge < -0.3 is 5.32 Å². The largest absolute Gasteiger partial charge is 0.381 e. The normalized spacial score (nSPS) is 13.6. The zero-order chi connectivity index (χ0) is 11.0. The number of nitrogens with one attached hydrogen (secondary N) is 1. The van der Waals surface area contributed by atoms with E-state index in [2.05, 4.69) is 35.7 Å². The third kappa shape index (κ3) is 1.26. The van der Waals surface area contributed by atoms with Gasteiger partial charge in [-0.05, 0) is 29.0 Å². The molecule has 76 valence electrons. The van der Waals surface area contributed by atoms with Gasteiger partial charge >= 0.3 is 0 Å². The minimum Gasteiger partial charge on any atom is -0.381 e. The van der Waals surface area contributed by atoms with Gasteiger partial charge in [0.1, 0.15) is 0 Å². The maximum atomic E-state index is 9.06. The highest BCUT2D eigenvalue weighted by molar-refractivity contribution is 5.96. The summed E-state index contributed by atoms with van der Waals surface area (Å²) in [5, 5.41) is 14.7. The van der Waals surface area contributed by atoms with E-state index in [9.17, 15) is 0 Å². The average molecular weight is 206 g/mol. The van der Waals surface area contributed by atoms with Crippen molar-refractivity contribution in [2.24, 2.45) is 0 Å². The van der Waals surface area contributed by atoms with Crippen LogP contribution in [0.2, 0.25) is 0 Å². The molecular weight excluding hydrogens is 196 g/mol. The van der Waals surface area contributed by atoms with E-state index in [0.717, 1.165) is 23.4 Å². The van der Waals surface area contributed by atoms with Crippen molar-refractivity contribution in [3.63, 3.8) is 0 Å². The van der Waals surface area contributed by atoms with E-state index < -0.39 is 0 Å². The number of hydrogen-bond donors (Lipinski definition) is 1. The van der Waals surface area contributed by atoms with Gasteiger partial charge in [0.2, 0.25) is 0 Å². The molecule has 0 spiro atoms. The molecule has 16 heavy (non-hydrogen) atoms. The first-order valence-corrected chi connectivity index (χ1v) is 5.26. The molecule has 1 aliphatic rings. The van der Waals surface area contributed by atoms with Crippen LogP contribution in [0, 0.1) is 11.3 Å². The van der Waals surface area contributed by atoms with Crippen LogP contribution in [0.4, 0.5) is 5.69 Å². The molecule has 1 heterocycles. The van der Waals surface area contributed by atoms with Crippen LogP contribution in [0.5, 0.6) is 0 Å². The molecule has 0 aliphatic carbocycles. The van der Waals surface area contributed by atoms with Crippen LogP contribution < -0.4 is 5.32 Å². The maximum Gasteiger partial charge on any atom is 0.0996 e. The Morgan fingerprint density at radius 2 is 1.88 bits per heavy atom. The summed E-state index contributed by atoms with van der Waals surface area (Å²) < 4.78 is 0. The summed E-state index contributed by atoms with van der Waals surface area (Å²) in [4.78, 5) is 0. The van der Waals surface area contributed by atoms with Crippen molar-refractivity contribution >= 4 is 22.0 Å². The molecule has 0 saturated heterocycles. The van der Waals surface area contributed by atoms with Crippen LogP contribution >= 0.6 is 0 Å². The molecule has 2 aromatic carbocycles. The van der Waals surface area contributed by atoms with Gasteiger partial charge in [-0.25, -0.2) is 0 Å². The lowest BCUT2D eigenvalue weighted by molar-refractivity contribution is 1.30. The van der Waals surface area contributed by atoms with E-state index in [1.165, 1.54) is 10.8 Å². The number of rotatable bonds is 0. The van der Waals surface area contributed by atoms with Crippen LogP contribution in [0.25, 0.3) is 16.3 Å². The number of fused-ring (bicyclic) bond motifs is 2. The summed E-state index contributed by atoms with van der Waals surface area (Å²) in [5.74, 6) is 0. The van der Waals surface area contributed by atoms with Crippen LogP contribution in [0.3, 0.4) is 0 Å². The SMILES string of the molecule is N#CC1=CCNc2cc3ccccc3cc21. The molecule has 0 aromatic heterocycles. The number of nitriles is 1. The van der Waals surface area contributed by atoms with Crippen LogP contribution in [0.1, 0.15) is 5.56 Å². The molecule has 1 aliphatic heterocycles. The van der Waals surface area contributed by atoms with Gasteiger partial charge in [0.25, 0.3) is 0 Å². The van der Waals surface area contributed by atoms with Crippen molar-refractivity contribution in [2.45, 2.75) is 0 Å². The lowest BCUT2D eigenvalue weighted by Gasteiger charge is -2.16. The smallest absolute Gasteiger partial charge is 0.0996 e. The van der Waals surface area contributed by atoms with E-state index in [1.807, 2.05) is 18.2 Å². The fraction of sp³-hybridized carbons (Fsp3) is 0.0714. The topological polar surface area (TPSA) is 35.8 Å². The highest BCUT2D eigenvalue weighted by Crippen LogP contribution is 2.31. The first-order valence-electron chi connectivity index (χ1n) is 5.26. The van der Waals surface area contributed by atoms with Crippen molar-refractivity contribution in [2.75, 3.05) is 11.9 Å². The Morgan fingerprint density at radius 3 is 2.62 bits per heavy atom. The lowest BCUT2D eigenvalue weighted by Crippen LogP contribution is -2.07. The molecule has 2 aromatic rings. The minimum absolute atomic E-state index is 0.730. The van der Waals surface area contributed by atoms with E-state index >= 15 is 0 Å². The predicted octanol–water partition coefficient (Wildman–Crippen LogP) is 3.17. The monoisotopic (exact) mass is 206 g/mol. The standard InChI is InChI=1S/C14H10N2/c15-9-12-5-6-16-14-8-11-4-2-1-3-10(11)7-13(12)14/h1-5,7-8,16H,6H2. The van der Waals surface area contributed by atoms with Gasteiger partial charge in [0.05, 0.1) is 11.6 Å². The van der Waals surface area contributed by atoms with E-state index in [4.69, 9.17) is 5.26 Å². The molecule has 0 bridgehead atoms. The highest BCUT2D eigenvalue weighted by Gasteiger charge is 2.12. The summed E-state index contributed by atoms with van der Waals surface area (Å²) in [6.07, 6.45) is 1.93. The highest BCUT2D eigenvalue weighted by atomic mass is 14.9. The number of benzene rings is 2. The second-order valence-corrected chi connectivity index (χ2v) is 3.86. The van der Waals surface area contributed by atoms with Crippen LogP contribution in [0.15, 0.2) is 42.5 Å². The zero-order valence-corrected chi connectivity index (χ0v) is 8.70. The molecule has 0 fully saturated rings. The molecule has 0 saturated carbocycles. The fourth-order valence-electron chi connectivity index (χ4n) is 2.09. The molecule has 0 unspecified atom stereocenters. The Labute approximate surface area is 93.8 Å². The Morgan fingerprint density at radius 1 is 1.12 bits per heavy atom. The quantitative estimate of drug-likeness (QED) is 0.718. The van der Waals surface area contributed by atoms with Crippen molar-refractivity contribution in [3.8, 4) is 6.07 Å². The van der Waals surface area contributed by atoms with Gasteiger partial charge in [-0.1, -0.05) is 24.3 Å². The van der Waals surface area contributed by atoms with Crippen molar-refractivity contribution in [1.29, 1.82) is 5.26 Å². The maximum absolute atomic E-state index is 9.06. The molecule has 0 radical (unpaired) electrons. The Kier molecular flexibility index (Phi) is 1.91. The molecule has 0 amide bonds. The molecule has 2 heteroatoms. The van der Waals surface area contributed by atoms with E-state index in [0.29, 0.717) is 0 Å². The zero-order valence-electron chi connectivity index (χ0n) is 8.70. The van der Waals surface area contributed by atoms with E-state index in [-0.39, 0.29) is 0 Å². The fourth-order valence-corrected chi connectivity index (χ4v) is 2.09. The predicted molar refractivity (Wildman–Crippen MR) is 66.0 cm³/mol.